The number of benzene rings is 1. The van der Waals surface area contributed by atoms with Gasteiger partial charge in [0.15, 0.2) is 0 Å². The van der Waals surface area contributed by atoms with Crippen LogP contribution >= 0.6 is 0 Å². The number of rotatable bonds is 6. The molecule has 2 rings (SSSR count). The smallest absolute Gasteiger partial charge is 0.146 e. The molecule has 0 aliphatic carbocycles. The Kier molecular flexibility index (Phi) is 6.00. The zero-order valence-electron chi connectivity index (χ0n) is 13.5. The predicted octanol–water partition coefficient (Wildman–Crippen LogP) is 2.71. The van der Waals surface area contributed by atoms with E-state index in [2.05, 4.69) is 35.9 Å². The Hall–Kier alpha value is -1.13. The summed E-state index contributed by atoms with van der Waals surface area (Å²) in [4.78, 5) is 4.64. The first-order valence-electron chi connectivity index (χ1n) is 8.06. The number of anilines is 1. The first kappa shape index (κ1) is 16.2. The van der Waals surface area contributed by atoms with Gasteiger partial charge in [0.05, 0.1) is 5.69 Å². The maximum Gasteiger partial charge on any atom is 0.146 e. The van der Waals surface area contributed by atoms with Gasteiger partial charge in [-0.05, 0) is 30.2 Å². The van der Waals surface area contributed by atoms with Crippen LogP contribution in [0, 0.1) is 11.7 Å². The summed E-state index contributed by atoms with van der Waals surface area (Å²) in [6, 6.07) is 5.63. The SMILES string of the molecule is CCNCc1ccc(N2CCN(CC(C)C)CC2)c(F)c1. The minimum Gasteiger partial charge on any atom is -0.367 e. The van der Waals surface area contributed by atoms with Crippen molar-refractivity contribution in [1.82, 2.24) is 10.2 Å². The number of piperazine rings is 1. The van der Waals surface area contributed by atoms with E-state index < -0.39 is 0 Å². The van der Waals surface area contributed by atoms with Crippen molar-refractivity contribution < 1.29 is 4.39 Å². The van der Waals surface area contributed by atoms with E-state index in [1.54, 1.807) is 6.07 Å². The topological polar surface area (TPSA) is 18.5 Å². The van der Waals surface area contributed by atoms with Crippen molar-refractivity contribution in [2.75, 3.05) is 44.2 Å². The Labute approximate surface area is 128 Å². The van der Waals surface area contributed by atoms with E-state index in [0.29, 0.717) is 5.92 Å². The summed E-state index contributed by atoms with van der Waals surface area (Å²) >= 11 is 0. The third-order valence-electron chi connectivity index (χ3n) is 3.93. The van der Waals surface area contributed by atoms with Crippen molar-refractivity contribution >= 4 is 5.69 Å². The van der Waals surface area contributed by atoms with Gasteiger partial charge in [-0.1, -0.05) is 26.8 Å². The molecular weight excluding hydrogens is 265 g/mol. The van der Waals surface area contributed by atoms with Crippen molar-refractivity contribution in [3.63, 3.8) is 0 Å². The summed E-state index contributed by atoms with van der Waals surface area (Å²) in [5, 5.41) is 3.23. The highest BCUT2D eigenvalue weighted by Crippen LogP contribution is 2.22. The summed E-state index contributed by atoms with van der Waals surface area (Å²) in [6.07, 6.45) is 0. The van der Waals surface area contributed by atoms with Crippen LogP contribution < -0.4 is 10.2 Å². The Balaban J connectivity index is 1.94. The molecule has 1 N–H and O–H groups in total. The molecule has 3 nitrogen and oxygen atoms in total. The van der Waals surface area contributed by atoms with Crippen molar-refractivity contribution in [1.29, 1.82) is 0 Å². The van der Waals surface area contributed by atoms with Gasteiger partial charge in [-0.3, -0.25) is 4.90 Å². The highest BCUT2D eigenvalue weighted by Gasteiger charge is 2.19. The average Bonchev–Trinajstić information content (AvgIpc) is 2.46. The standard InChI is InChI=1S/C17H28FN3/c1-4-19-12-15-5-6-17(16(18)11-15)21-9-7-20(8-10-21)13-14(2)3/h5-6,11,14,19H,4,7-10,12-13H2,1-3H3. The van der Waals surface area contributed by atoms with Gasteiger partial charge in [-0.25, -0.2) is 4.39 Å². The normalized spacial score (nSPS) is 16.7. The van der Waals surface area contributed by atoms with Crippen molar-refractivity contribution in [2.24, 2.45) is 5.92 Å². The van der Waals surface area contributed by atoms with Crippen molar-refractivity contribution in [3.8, 4) is 0 Å². The van der Waals surface area contributed by atoms with Crippen LogP contribution in [0.5, 0.6) is 0 Å². The van der Waals surface area contributed by atoms with Gasteiger partial charge < -0.3 is 10.2 Å². The Morgan fingerprint density at radius 3 is 2.48 bits per heavy atom. The van der Waals surface area contributed by atoms with Gasteiger partial charge >= 0.3 is 0 Å². The molecule has 0 aromatic heterocycles. The van der Waals surface area contributed by atoms with Crippen LogP contribution in [0.3, 0.4) is 0 Å². The third-order valence-corrected chi connectivity index (χ3v) is 3.93. The molecule has 1 aliphatic heterocycles. The highest BCUT2D eigenvalue weighted by atomic mass is 19.1. The first-order chi connectivity index (χ1) is 10.1. The number of nitrogens with one attached hydrogen (secondary N) is 1. The van der Waals surface area contributed by atoms with E-state index >= 15 is 0 Å². The van der Waals surface area contributed by atoms with Crippen LogP contribution in [0.25, 0.3) is 0 Å². The molecule has 21 heavy (non-hydrogen) atoms. The molecule has 0 radical (unpaired) electrons. The fourth-order valence-electron chi connectivity index (χ4n) is 2.87. The summed E-state index contributed by atoms with van der Waals surface area (Å²) in [6.45, 7) is 13.2. The molecule has 1 aliphatic rings. The van der Waals surface area contributed by atoms with Crippen molar-refractivity contribution in [3.05, 3.63) is 29.6 Å². The Morgan fingerprint density at radius 1 is 1.19 bits per heavy atom. The Bertz CT molecular complexity index is 440. The molecule has 0 saturated carbocycles. The van der Waals surface area contributed by atoms with Crippen molar-refractivity contribution in [2.45, 2.75) is 27.3 Å². The van der Waals surface area contributed by atoms with Gasteiger partial charge in [0.25, 0.3) is 0 Å². The molecule has 1 saturated heterocycles. The van der Waals surface area contributed by atoms with Crippen LogP contribution in [0.1, 0.15) is 26.3 Å². The summed E-state index contributed by atoms with van der Waals surface area (Å²) < 4.78 is 14.3. The van der Waals surface area contributed by atoms with E-state index in [9.17, 15) is 4.39 Å². The molecule has 1 fully saturated rings. The minimum atomic E-state index is -0.0947. The van der Waals surface area contributed by atoms with E-state index in [1.165, 1.54) is 0 Å². The highest BCUT2D eigenvalue weighted by molar-refractivity contribution is 5.49. The van der Waals surface area contributed by atoms with Gasteiger partial charge in [0.1, 0.15) is 5.82 Å². The number of hydrogen-bond acceptors (Lipinski definition) is 3. The zero-order chi connectivity index (χ0) is 15.2. The van der Waals surface area contributed by atoms with Gasteiger partial charge in [-0.15, -0.1) is 0 Å². The lowest BCUT2D eigenvalue weighted by Gasteiger charge is -2.37. The van der Waals surface area contributed by atoms with E-state index in [-0.39, 0.29) is 5.82 Å². The van der Waals surface area contributed by atoms with Crippen LogP contribution in [0.15, 0.2) is 18.2 Å². The first-order valence-corrected chi connectivity index (χ1v) is 8.06. The average molecular weight is 293 g/mol. The lowest BCUT2D eigenvalue weighted by molar-refractivity contribution is 0.231. The van der Waals surface area contributed by atoms with Crippen LogP contribution in [0.4, 0.5) is 10.1 Å². The summed E-state index contributed by atoms with van der Waals surface area (Å²) in [5.41, 5.74) is 1.76. The van der Waals surface area contributed by atoms with Crippen LogP contribution in [0.2, 0.25) is 0 Å². The molecule has 1 heterocycles. The van der Waals surface area contributed by atoms with Crippen LogP contribution in [-0.2, 0) is 6.54 Å². The molecule has 118 valence electrons. The molecule has 0 unspecified atom stereocenters. The maximum atomic E-state index is 14.3. The molecule has 1 aromatic rings. The van der Waals surface area contributed by atoms with Gasteiger partial charge in [-0.2, -0.15) is 0 Å². The largest absolute Gasteiger partial charge is 0.367 e. The molecule has 0 spiro atoms. The third kappa shape index (κ3) is 4.68. The Morgan fingerprint density at radius 2 is 1.90 bits per heavy atom. The minimum absolute atomic E-state index is 0.0947. The molecule has 0 amide bonds. The van der Waals surface area contributed by atoms with E-state index in [1.807, 2.05) is 12.1 Å². The molecule has 0 bridgehead atoms. The quantitative estimate of drug-likeness (QED) is 0.870. The molecule has 1 aromatic carbocycles. The zero-order valence-corrected chi connectivity index (χ0v) is 13.5. The number of hydrogen-bond donors (Lipinski definition) is 1. The van der Waals surface area contributed by atoms with Crippen LogP contribution in [-0.4, -0.2) is 44.2 Å². The second-order valence-electron chi connectivity index (χ2n) is 6.25. The molecule has 0 atom stereocenters. The second kappa shape index (κ2) is 7.76. The lowest BCUT2D eigenvalue weighted by Crippen LogP contribution is -2.47. The van der Waals surface area contributed by atoms with Gasteiger partial charge in [0, 0.05) is 39.3 Å². The fraction of sp³-hybridized carbons (Fsp3) is 0.647. The maximum absolute atomic E-state index is 14.3. The molecular formula is C17H28FN3. The second-order valence-corrected chi connectivity index (χ2v) is 6.25. The number of nitrogens with zero attached hydrogens (tertiary/aromatic N) is 2. The van der Waals surface area contributed by atoms with Gasteiger partial charge in [0.2, 0.25) is 0 Å². The monoisotopic (exact) mass is 293 g/mol. The lowest BCUT2D eigenvalue weighted by atomic mass is 10.1. The van der Waals surface area contributed by atoms with E-state index in [4.69, 9.17) is 0 Å². The number of halogens is 1. The molecule has 4 heteroatoms. The fourth-order valence-corrected chi connectivity index (χ4v) is 2.87. The predicted molar refractivity (Wildman–Crippen MR) is 87.3 cm³/mol. The summed E-state index contributed by atoms with van der Waals surface area (Å²) in [5.74, 6) is 0.598. The van der Waals surface area contributed by atoms with E-state index in [0.717, 1.165) is 57.1 Å². The summed E-state index contributed by atoms with van der Waals surface area (Å²) in [7, 11) is 0.